The molecule has 0 atom stereocenters. The van der Waals surface area contributed by atoms with Crippen LogP contribution in [0.15, 0.2) is 65.3 Å². The van der Waals surface area contributed by atoms with Crippen molar-refractivity contribution in [3.63, 3.8) is 0 Å². The van der Waals surface area contributed by atoms with Gasteiger partial charge < -0.3 is 4.74 Å². The van der Waals surface area contributed by atoms with Crippen molar-refractivity contribution in [3.05, 3.63) is 76.7 Å². The molecule has 0 bridgehead atoms. The van der Waals surface area contributed by atoms with E-state index in [0.29, 0.717) is 11.7 Å². The molecule has 0 radical (unpaired) electrons. The number of nitrogens with one attached hydrogen (secondary N) is 1. The Bertz CT molecular complexity index is 959. The average Bonchev–Trinajstić information content (AvgIpc) is 3.53. The summed E-state index contributed by atoms with van der Waals surface area (Å²) < 4.78 is 6.26. The van der Waals surface area contributed by atoms with Crippen LogP contribution in [0.5, 0.6) is 0 Å². The number of anilines is 1. The number of hydrogen-bond acceptors (Lipinski definition) is 4. The van der Waals surface area contributed by atoms with Crippen LogP contribution >= 0.6 is 15.9 Å². The Labute approximate surface area is 165 Å². The van der Waals surface area contributed by atoms with Crippen molar-refractivity contribution in [2.45, 2.75) is 25.4 Å². The van der Waals surface area contributed by atoms with E-state index in [1.165, 1.54) is 0 Å². The van der Waals surface area contributed by atoms with Gasteiger partial charge in [-0.15, -0.1) is 0 Å². The first-order valence-electron chi connectivity index (χ1n) is 8.80. The third kappa shape index (κ3) is 4.34. The Morgan fingerprint density at radius 2 is 1.81 bits per heavy atom. The van der Waals surface area contributed by atoms with E-state index < -0.39 is 6.09 Å². The van der Waals surface area contributed by atoms with Crippen LogP contribution in [0.25, 0.3) is 11.1 Å². The van der Waals surface area contributed by atoms with Gasteiger partial charge in [-0.3, -0.25) is 5.32 Å². The van der Waals surface area contributed by atoms with Crippen molar-refractivity contribution in [1.82, 2.24) is 9.97 Å². The Morgan fingerprint density at radius 3 is 2.56 bits per heavy atom. The zero-order valence-corrected chi connectivity index (χ0v) is 16.1. The highest BCUT2D eigenvalue weighted by molar-refractivity contribution is 9.10. The fourth-order valence-corrected chi connectivity index (χ4v) is 3.26. The normalized spacial score (nSPS) is 13.2. The van der Waals surface area contributed by atoms with Crippen LogP contribution in [0.2, 0.25) is 0 Å². The van der Waals surface area contributed by atoms with Gasteiger partial charge >= 0.3 is 6.09 Å². The number of halogens is 1. The molecule has 1 aromatic heterocycles. The second-order valence-corrected chi connectivity index (χ2v) is 7.29. The number of carbonyl (C=O) groups excluding carboxylic acids is 1. The molecule has 0 saturated heterocycles. The number of carbonyl (C=O) groups is 1. The largest absolute Gasteiger partial charge is 0.444 e. The molecule has 2 aromatic carbocycles. The zero-order valence-electron chi connectivity index (χ0n) is 14.6. The molecule has 27 heavy (non-hydrogen) atoms. The molecular formula is C21H18BrN3O2. The Hall–Kier alpha value is -2.73. The quantitative estimate of drug-likeness (QED) is 0.585. The van der Waals surface area contributed by atoms with Gasteiger partial charge in [0, 0.05) is 27.7 Å². The molecule has 3 aromatic rings. The van der Waals surface area contributed by atoms with Crippen LogP contribution < -0.4 is 5.32 Å². The van der Waals surface area contributed by atoms with Crippen LogP contribution in [0, 0.1) is 0 Å². The molecule has 1 fully saturated rings. The minimum absolute atomic E-state index is 0.206. The van der Waals surface area contributed by atoms with E-state index >= 15 is 0 Å². The van der Waals surface area contributed by atoms with Crippen LogP contribution in [-0.2, 0) is 11.3 Å². The molecule has 1 N–H and O–H groups in total. The molecule has 5 nitrogen and oxygen atoms in total. The first-order chi connectivity index (χ1) is 13.2. The predicted octanol–water partition coefficient (Wildman–Crippen LogP) is 5.53. The summed E-state index contributed by atoms with van der Waals surface area (Å²) in [5.74, 6) is 1.63. The molecule has 4 rings (SSSR count). The van der Waals surface area contributed by atoms with Gasteiger partial charge in [-0.2, -0.15) is 0 Å². The topological polar surface area (TPSA) is 64.1 Å². The van der Waals surface area contributed by atoms with E-state index in [1.54, 1.807) is 6.20 Å². The van der Waals surface area contributed by atoms with E-state index in [1.807, 2.05) is 54.6 Å². The van der Waals surface area contributed by atoms with Crippen LogP contribution in [-0.4, -0.2) is 16.1 Å². The maximum atomic E-state index is 12.3. The SMILES string of the molecule is O=C(Nc1nc(C2CC2)ncc1-c1ccccc1Br)OCc1ccccc1. The lowest BCUT2D eigenvalue weighted by Crippen LogP contribution is -2.16. The molecule has 6 heteroatoms. The summed E-state index contributed by atoms with van der Waals surface area (Å²) in [6.07, 6.45) is 3.42. The number of benzene rings is 2. The first-order valence-corrected chi connectivity index (χ1v) is 9.59. The highest BCUT2D eigenvalue weighted by Gasteiger charge is 2.28. The van der Waals surface area contributed by atoms with Gasteiger partial charge in [0.1, 0.15) is 18.2 Å². The molecule has 0 aliphatic heterocycles. The van der Waals surface area contributed by atoms with Gasteiger partial charge in [0.25, 0.3) is 0 Å². The maximum absolute atomic E-state index is 12.3. The lowest BCUT2D eigenvalue weighted by Gasteiger charge is -2.13. The number of nitrogens with zero attached hydrogens (tertiary/aromatic N) is 2. The van der Waals surface area contributed by atoms with E-state index in [-0.39, 0.29) is 6.61 Å². The van der Waals surface area contributed by atoms with Crippen LogP contribution in [0.3, 0.4) is 0 Å². The Kier molecular flexibility index (Phi) is 5.16. The van der Waals surface area contributed by atoms with Crippen molar-refractivity contribution in [2.24, 2.45) is 0 Å². The average molecular weight is 424 g/mol. The third-order valence-electron chi connectivity index (χ3n) is 4.35. The van der Waals surface area contributed by atoms with Gasteiger partial charge in [0.05, 0.1) is 0 Å². The molecule has 1 saturated carbocycles. The second-order valence-electron chi connectivity index (χ2n) is 6.43. The number of ether oxygens (including phenoxy) is 1. The minimum atomic E-state index is -0.535. The highest BCUT2D eigenvalue weighted by atomic mass is 79.9. The van der Waals surface area contributed by atoms with Crippen molar-refractivity contribution < 1.29 is 9.53 Å². The molecule has 1 aliphatic carbocycles. The summed E-state index contributed by atoms with van der Waals surface area (Å²) in [4.78, 5) is 21.4. The van der Waals surface area contributed by atoms with Crippen molar-refractivity contribution in [3.8, 4) is 11.1 Å². The summed E-state index contributed by atoms with van der Waals surface area (Å²) in [6, 6.07) is 17.4. The standard InChI is InChI=1S/C21H18BrN3O2/c22-18-9-5-4-8-16(18)17-12-23-19(15-10-11-15)24-20(17)25-21(26)27-13-14-6-2-1-3-7-14/h1-9,12,15H,10-11,13H2,(H,23,24,25,26). The van der Waals surface area contributed by atoms with E-state index in [2.05, 4.69) is 31.2 Å². The van der Waals surface area contributed by atoms with E-state index in [0.717, 1.165) is 39.8 Å². The number of rotatable bonds is 5. The third-order valence-corrected chi connectivity index (χ3v) is 5.04. The van der Waals surface area contributed by atoms with Gasteiger partial charge in [0.15, 0.2) is 0 Å². The first kappa shape index (κ1) is 17.7. The molecule has 1 aliphatic rings. The monoisotopic (exact) mass is 423 g/mol. The Morgan fingerprint density at radius 1 is 1.07 bits per heavy atom. The molecule has 1 heterocycles. The smallest absolute Gasteiger partial charge is 0.413 e. The number of amides is 1. The summed E-state index contributed by atoms with van der Waals surface area (Å²) in [6.45, 7) is 0.206. The molecular weight excluding hydrogens is 406 g/mol. The van der Waals surface area contributed by atoms with Crippen molar-refractivity contribution in [1.29, 1.82) is 0 Å². The van der Waals surface area contributed by atoms with Gasteiger partial charge in [-0.1, -0.05) is 64.5 Å². The van der Waals surface area contributed by atoms with E-state index in [4.69, 9.17) is 4.74 Å². The minimum Gasteiger partial charge on any atom is -0.444 e. The summed E-state index contributed by atoms with van der Waals surface area (Å²) in [5.41, 5.74) is 2.60. The van der Waals surface area contributed by atoms with E-state index in [9.17, 15) is 4.79 Å². The maximum Gasteiger partial charge on any atom is 0.413 e. The fourth-order valence-electron chi connectivity index (χ4n) is 2.76. The lowest BCUT2D eigenvalue weighted by molar-refractivity contribution is 0.155. The molecule has 0 spiro atoms. The molecule has 136 valence electrons. The summed E-state index contributed by atoms with van der Waals surface area (Å²) in [7, 11) is 0. The molecule has 0 unspecified atom stereocenters. The lowest BCUT2D eigenvalue weighted by atomic mass is 10.1. The van der Waals surface area contributed by atoms with Gasteiger partial charge in [-0.05, 0) is 24.5 Å². The van der Waals surface area contributed by atoms with Gasteiger partial charge in [-0.25, -0.2) is 14.8 Å². The number of hydrogen-bond donors (Lipinski definition) is 1. The summed E-state index contributed by atoms with van der Waals surface area (Å²) >= 11 is 3.55. The van der Waals surface area contributed by atoms with Crippen molar-refractivity contribution >= 4 is 27.8 Å². The fraction of sp³-hybridized carbons (Fsp3) is 0.190. The summed E-state index contributed by atoms with van der Waals surface area (Å²) in [5, 5.41) is 2.80. The van der Waals surface area contributed by atoms with Crippen LogP contribution in [0.4, 0.5) is 10.6 Å². The van der Waals surface area contributed by atoms with Gasteiger partial charge in [0.2, 0.25) is 0 Å². The second kappa shape index (κ2) is 7.88. The van der Waals surface area contributed by atoms with Crippen molar-refractivity contribution in [2.75, 3.05) is 5.32 Å². The zero-order chi connectivity index (χ0) is 18.6. The number of aromatic nitrogens is 2. The van der Waals surface area contributed by atoms with Crippen LogP contribution in [0.1, 0.15) is 30.1 Å². The predicted molar refractivity (Wildman–Crippen MR) is 107 cm³/mol. The molecule has 1 amide bonds. The highest BCUT2D eigenvalue weighted by Crippen LogP contribution is 2.40. The Balaban J connectivity index is 1.57.